The predicted octanol–water partition coefficient (Wildman–Crippen LogP) is 3.96. The third-order valence-electron chi connectivity index (χ3n) is 5.01. The van der Waals surface area contributed by atoms with Gasteiger partial charge < -0.3 is 9.84 Å². The van der Waals surface area contributed by atoms with Crippen molar-refractivity contribution in [3.8, 4) is 0 Å². The van der Waals surface area contributed by atoms with Gasteiger partial charge in [0.25, 0.3) is 0 Å². The highest BCUT2D eigenvalue weighted by Gasteiger charge is 2.40. The van der Waals surface area contributed by atoms with E-state index in [0.717, 1.165) is 24.8 Å². The SMILES string of the molecule is O=C(NO[C@H](C[C@H]1C[C@@H]1CCc1ccccc1)C(=O)O)OCc1ccccc1. The molecule has 0 aliphatic heterocycles. The first kappa shape index (κ1) is 19.9. The Morgan fingerprint density at radius 2 is 1.64 bits per heavy atom. The number of aryl methyl sites for hydroxylation is 1. The van der Waals surface area contributed by atoms with Gasteiger partial charge in [-0.25, -0.2) is 9.59 Å². The molecule has 1 saturated carbocycles. The van der Waals surface area contributed by atoms with Crippen LogP contribution < -0.4 is 5.48 Å². The number of carbonyl (C=O) groups excluding carboxylic acids is 1. The zero-order chi connectivity index (χ0) is 19.8. The van der Waals surface area contributed by atoms with Gasteiger partial charge in [-0.1, -0.05) is 60.7 Å². The van der Waals surface area contributed by atoms with Crippen molar-refractivity contribution in [3.63, 3.8) is 0 Å². The second-order valence-corrected chi connectivity index (χ2v) is 7.12. The van der Waals surface area contributed by atoms with Gasteiger partial charge in [0.05, 0.1) is 0 Å². The zero-order valence-electron chi connectivity index (χ0n) is 15.6. The average molecular weight is 383 g/mol. The molecule has 6 heteroatoms. The molecular weight excluding hydrogens is 358 g/mol. The Kier molecular flexibility index (Phi) is 7.03. The van der Waals surface area contributed by atoms with Crippen molar-refractivity contribution >= 4 is 12.1 Å². The Bertz CT molecular complexity index is 765. The van der Waals surface area contributed by atoms with Crippen LogP contribution >= 0.6 is 0 Å². The molecule has 0 heterocycles. The monoisotopic (exact) mass is 383 g/mol. The summed E-state index contributed by atoms with van der Waals surface area (Å²) in [6.45, 7) is 0.0952. The number of carbonyl (C=O) groups is 2. The van der Waals surface area contributed by atoms with Crippen LogP contribution in [0.2, 0.25) is 0 Å². The molecule has 0 saturated heterocycles. The Morgan fingerprint density at radius 3 is 2.29 bits per heavy atom. The number of hydrogen-bond acceptors (Lipinski definition) is 4. The van der Waals surface area contributed by atoms with Gasteiger partial charge in [0.15, 0.2) is 6.10 Å². The molecule has 1 amide bonds. The first-order valence-electron chi connectivity index (χ1n) is 9.51. The number of carboxylic acid groups (broad SMARTS) is 1. The molecule has 1 aliphatic rings. The molecule has 0 spiro atoms. The summed E-state index contributed by atoms with van der Waals surface area (Å²) in [4.78, 5) is 28.2. The summed E-state index contributed by atoms with van der Waals surface area (Å²) in [5.41, 5.74) is 4.23. The first-order chi connectivity index (χ1) is 13.6. The van der Waals surface area contributed by atoms with Crippen LogP contribution in [0.5, 0.6) is 0 Å². The van der Waals surface area contributed by atoms with Gasteiger partial charge >= 0.3 is 12.1 Å². The molecule has 2 N–H and O–H groups in total. The highest BCUT2D eigenvalue weighted by Crippen LogP contribution is 2.45. The van der Waals surface area contributed by atoms with Gasteiger partial charge in [-0.05, 0) is 48.6 Å². The Balaban J connectivity index is 1.36. The van der Waals surface area contributed by atoms with Crippen LogP contribution in [-0.2, 0) is 27.4 Å². The Morgan fingerprint density at radius 1 is 1.00 bits per heavy atom. The van der Waals surface area contributed by atoms with Crippen LogP contribution in [0.1, 0.15) is 30.4 Å². The van der Waals surface area contributed by atoms with Crippen molar-refractivity contribution in [2.24, 2.45) is 11.8 Å². The number of nitrogens with one attached hydrogen (secondary N) is 1. The van der Waals surface area contributed by atoms with Crippen LogP contribution in [0.15, 0.2) is 60.7 Å². The smallest absolute Gasteiger partial charge is 0.431 e. The molecule has 1 fully saturated rings. The lowest BCUT2D eigenvalue weighted by Gasteiger charge is -2.14. The zero-order valence-corrected chi connectivity index (χ0v) is 15.6. The van der Waals surface area contributed by atoms with Crippen LogP contribution in [0.3, 0.4) is 0 Å². The number of hydroxylamine groups is 1. The van der Waals surface area contributed by atoms with Crippen LogP contribution in [0.4, 0.5) is 4.79 Å². The standard InChI is InChI=1S/C22H25NO5/c24-21(25)20(28-23-22(26)27-15-17-9-5-2-6-10-17)14-19-13-18(19)12-11-16-7-3-1-4-8-16/h1-10,18-20H,11-15H2,(H,23,26)(H,24,25)/t18-,19+,20+/m0/s1. The largest absolute Gasteiger partial charge is 0.479 e. The molecule has 0 bridgehead atoms. The molecule has 2 aromatic rings. The minimum absolute atomic E-state index is 0.0952. The molecule has 3 atom stereocenters. The van der Waals surface area contributed by atoms with Crippen molar-refractivity contribution in [1.82, 2.24) is 5.48 Å². The van der Waals surface area contributed by atoms with E-state index in [0.29, 0.717) is 18.3 Å². The summed E-state index contributed by atoms with van der Waals surface area (Å²) in [6, 6.07) is 19.5. The Hall–Kier alpha value is -2.86. The normalized spacial score (nSPS) is 18.9. The minimum atomic E-state index is -1.09. The van der Waals surface area contributed by atoms with E-state index < -0.39 is 18.2 Å². The third kappa shape index (κ3) is 6.39. The fourth-order valence-corrected chi connectivity index (χ4v) is 3.30. The van der Waals surface area contributed by atoms with Crippen molar-refractivity contribution in [1.29, 1.82) is 0 Å². The van der Waals surface area contributed by atoms with Gasteiger partial charge in [0.1, 0.15) is 6.61 Å². The van der Waals surface area contributed by atoms with E-state index in [2.05, 4.69) is 17.6 Å². The van der Waals surface area contributed by atoms with Gasteiger partial charge in [-0.3, -0.25) is 4.84 Å². The first-order valence-corrected chi connectivity index (χ1v) is 9.51. The van der Waals surface area contributed by atoms with Crippen LogP contribution in [0.25, 0.3) is 0 Å². The second-order valence-electron chi connectivity index (χ2n) is 7.12. The van der Waals surface area contributed by atoms with Crippen molar-refractivity contribution in [2.75, 3.05) is 0 Å². The number of carboxylic acids is 1. The maximum Gasteiger partial charge on any atom is 0.431 e. The van der Waals surface area contributed by atoms with Gasteiger partial charge in [-0.2, -0.15) is 5.48 Å². The minimum Gasteiger partial charge on any atom is -0.479 e. The lowest BCUT2D eigenvalue weighted by molar-refractivity contribution is -0.155. The molecule has 6 nitrogen and oxygen atoms in total. The van der Waals surface area contributed by atoms with E-state index >= 15 is 0 Å². The maximum atomic E-state index is 11.7. The van der Waals surface area contributed by atoms with E-state index in [-0.39, 0.29) is 6.61 Å². The number of benzene rings is 2. The van der Waals surface area contributed by atoms with Crippen molar-refractivity contribution in [2.45, 2.75) is 38.4 Å². The topological polar surface area (TPSA) is 84.9 Å². The number of rotatable bonds is 10. The fourth-order valence-electron chi connectivity index (χ4n) is 3.30. The van der Waals surface area contributed by atoms with E-state index in [1.165, 1.54) is 5.56 Å². The van der Waals surface area contributed by atoms with Gasteiger partial charge in [-0.15, -0.1) is 0 Å². The molecule has 0 unspecified atom stereocenters. The summed E-state index contributed by atoms with van der Waals surface area (Å²) in [5.74, 6) is -0.264. The number of ether oxygens (including phenoxy) is 1. The molecule has 0 aromatic heterocycles. The van der Waals surface area contributed by atoms with Gasteiger partial charge in [0.2, 0.25) is 0 Å². The predicted molar refractivity (Wildman–Crippen MR) is 103 cm³/mol. The van der Waals surface area contributed by atoms with E-state index in [4.69, 9.17) is 9.57 Å². The lowest BCUT2D eigenvalue weighted by Crippen LogP contribution is -2.35. The third-order valence-corrected chi connectivity index (χ3v) is 5.01. The summed E-state index contributed by atoms with van der Waals surface area (Å²) in [7, 11) is 0. The summed E-state index contributed by atoms with van der Waals surface area (Å²) in [5, 5.41) is 9.35. The molecule has 148 valence electrons. The fraction of sp³-hybridized carbons (Fsp3) is 0.364. The summed E-state index contributed by atoms with van der Waals surface area (Å²) < 4.78 is 5.02. The Labute approximate surface area is 164 Å². The van der Waals surface area contributed by atoms with Crippen molar-refractivity contribution < 1.29 is 24.3 Å². The number of amides is 1. The highest BCUT2D eigenvalue weighted by atomic mass is 16.7. The van der Waals surface area contributed by atoms with E-state index in [1.807, 2.05) is 48.5 Å². The van der Waals surface area contributed by atoms with Crippen molar-refractivity contribution in [3.05, 3.63) is 71.8 Å². The molecule has 28 heavy (non-hydrogen) atoms. The molecule has 2 aromatic carbocycles. The summed E-state index contributed by atoms with van der Waals surface area (Å²) in [6.07, 6.45) is 1.53. The number of hydrogen-bond donors (Lipinski definition) is 2. The highest BCUT2D eigenvalue weighted by molar-refractivity contribution is 5.73. The molecule has 1 aliphatic carbocycles. The second kappa shape index (κ2) is 9.90. The number of aliphatic carboxylic acids is 1. The molecule has 3 rings (SSSR count). The van der Waals surface area contributed by atoms with E-state index in [1.54, 1.807) is 0 Å². The average Bonchev–Trinajstić information content (AvgIpc) is 3.47. The van der Waals surface area contributed by atoms with Crippen LogP contribution in [-0.4, -0.2) is 23.3 Å². The summed E-state index contributed by atoms with van der Waals surface area (Å²) >= 11 is 0. The van der Waals surface area contributed by atoms with Crippen LogP contribution in [0, 0.1) is 11.8 Å². The quantitative estimate of drug-likeness (QED) is 0.607. The molecule has 0 radical (unpaired) electrons. The van der Waals surface area contributed by atoms with E-state index in [9.17, 15) is 14.7 Å². The lowest BCUT2D eigenvalue weighted by atomic mass is 10.0. The maximum absolute atomic E-state index is 11.7. The molecular formula is C22H25NO5. The van der Waals surface area contributed by atoms with Gasteiger partial charge in [0, 0.05) is 0 Å².